The molecule has 5 heteroatoms. The maximum atomic E-state index is 11.0. The Balaban J connectivity index is 2.52. The van der Waals surface area contributed by atoms with E-state index in [1.807, 2.05) is 0 Å². The molecule has 0 saturated carbocycles. The highest BCUT2D eigenvalue weighted by Crippen LogP contribution is 2.18. The second-order valence-electron chi connectivity index (χ2n) is 2.66. The lowest BCUT2D eigenvalue weighted by molar-refractivity contribution is 0.1000. The van der Waals surface area contributed by atoms with E-state index in [1.54, 1.807) is 24.4 Å². The molecular formula is C9H7N3O2. The van der Waals surface area contributed by atoms with Gasteiger partial charge in [-0.3, -0.25) is 9.78 Å². The first kappa shape index (κ1) is 8.43. The summed E-state index contributed by atoms with van der Waals surface area (Å²) in [4.78, 5) is 15.0. The Bertz CT molecular complexity index is 450. The van der Waals surface area contributed by atoms with E-state index in [9.17, 15) is 4.79 Å². The minimum atomic E-state index is -0.577. The number of aromatic nitrogens is 2. The number of carbonyl (C=O) groups is 1. The fraction of sp³-hybridized carbons (Fsp3) is 0. The average Bonchev–Trinajstić information content (AvgIpc) is 2.67. The third-order valence-electron chi connectivity index (χ3n) is 1.74. The van der Waals surface area contributed by atoms with E-state index >= 15 is 0 Å². The molecule has 0 atom stereocenters. The Morgan fingerprint density at radius 1 is 1.43 bits per heavy atom. The summed E-state index contributed by atoms with van der Waals surface area (Å²) < 4.78 is 4.67. The normalized spacial score (nSPS) is 10.0. The summed E-state index contributed by atoms with van der Waals surface area (Å²) >= 11 is 0. The summed E-state index contributed by atoms with van der Waals surface area (Å²) in [5, 5.41) is 3.67. The van der Waals surface area contributed by atoms with E-state index in [1.165, 1.54) is 6.26 Å². The highest BCUT2D eigenvalue weighted by molar-refractivity contribution is 5.97. The summed E-state index contributed by atoms with van der Waals surface area (Å²) in [5.41, 5.74) is 6.31. The summed E-state index contributed by atoms with van der Waals surface area (Å²) in [7, 11) is 0. The topological polar surface area (TPSA) is 82.0 Å². The van der Waals surface area contributed by atoms with Crippen molar-refractivity contribution >= 4 is 5.91 Å². The van der Waals surface area contributed by atoms with E-state index in [0.717, 1.165) is 0 Å². The van der Waals surface area contributed by atoms with Crippen molar-refractivity contribution in [2.45, 2.75) is 0 Å². The summed E-state index contributed by atoms with van der Waals surface area (Å²) in [5.74, 6) is -0.577. The molecule has 0 aliphatic carbocycles. The molecule has 2 aromatic heterocycles. The first-order valence-electron chi connectivity index (χ1n) is 3.94. The maximum Gasteiger partial charge on any atom is 0.254 e. The van der Waals surface area contributed by atoms with E-state index in [0.29, 0.717) is 11.4 Å². The van der Waals surface area contributed by atoms with Crippen molar-refractivity contribution in [3.05, 3.63) is 36.2 Å². The number of hydrogen-bond donors (Lipinski definition) is 1. The number of rotatable bonds is 2. The third kappa shape index (κ3) is 1.35. The Kier molecular flexibility index (Phi) is 1.98. The summed E-state index contributed by atoms with van der Waals surface area (Å²) in [6.07, 6.45) is 2.82. The van der Waals surface area contributed by atoms with Crippen molar-refractivity contribution in [2.24, 2.45) is 5.73 Å². The first-order valence-corrected chi connectivity index (χ1v) is 3.94. The molecule has 0 aliphatic rings. The minimum Gasteiger partial charge on any atom is -0.365 e. The van der Waals surface area contributed by atoms with Gasteiger partial charge in [0.15, 0.2) is 0 Å². The molecule has 2 aromatic rings. The van der Waals surface area contributed by atoms with Gasteiger partial charge in [-0.15, -0.1) is 0 Å². The Hall–Kier alpha value is -2.17. The largest absolute Gasteiger partial charge is 0.365 e. The van der Waals surface area contributed by atoms with Crippen LogP contribution in [0.25, 0.3) is 11.4 Å². The van der Waals surface area contributed by atoms with Gasteiger partial charge in [0.2, 0.25) is 0 Å². The fourth-order valence-electron chi connectivity index (χ4n) is 1.10. The third-order valence-corrected chi connectivity index (χ3v) is 1.74. The second-order valence-corrected chi connectivity index (χ2v) is 2.66. The molecule has 1 amide bonds. The fourth-order valence-corrected chi connectivity index (χ4v) is 1.10. The van der Waals surface area contributed by atoms with Crippen LogP contribution in [0.5, 0.6) is 0 Å². The Morgan fingerprint density at radius 2 is 2.29 bits per heavy atom. The predicted octanol–water partition coefficient (Wildman–Crippen LogP) is 0.836. The lowest BCUT2D eigenvalue weighted by atomic mass is 10.2. The number of nitrogens with two attached hydrogens (primary N) is 1. The van der Waals surface area contributed by atoms with Gasteiger partial charge in [0.25, 0.3) is 5.91 Å². The molecule has 0 saturated heterocycles. The van der Waals surface area contributed by atoms with Crippen LogP contribution in [-0.2, 0) is 0 Å². The molecule has 0 bridgehead atoms. The molecule has 2 heterocycles. The van der Waals surface area contributed by atoms with Crippen molar-refractivity contribution in [1.82, 2.24) is 10.1 Å². The van der Waals surface area contributed by atoms with Crippen LogP contribution in [0.2, 0.25) is 0 Å². The van der Waals surface area contributed by atoms with Crippen molar-refractivity contribution in [3.8, 4) is 11.4 Å². The molecular weight excluding hydrogens is 182 g/mol. The van der Waals surface area contributed by atoms with E-state index < -0.39 is 5.91 Å². The molecule has 0 aromatic carbocycles. The van der Waals surface area contributed by atoms with Crippen LogP contribution >= 0.6 is 0 Å². The van der Waals surface area contributed by atoms with Gasteiger partial charge in [0.05, 0.1) is 5.69 Å². The molecule has 14 heavy (non-hydrogen) atoms. The second kappa shape index (κ2) is 3.29. The van der Waals surface area contributed by atoms with Crippen LogP contribution in [0.15, 0.2) is 35.2 Å². The molecule has 2 N–H and O–H groups in total. The van der Waals surface area contributed by atoms with Gasteiger partial charge in [-0.2, -0.15) is 0 Å². The van der Waals surface area contributed by atoms with Gasteiger partial charge in [0.1, 0.15) is 17.5 Å². The lowest BCUT2D eigenvalue weighted by Gasteiger charge is -1.95. The van der Waals surface area contributed by atoms with Gasteiger partial charge in [0, 0.05) is 6.20 Å². The van der Waals surface area contributed by atoms with Crippen LogP contribution in [-0.4, -0.2) is 16.0 Å². The zero-order valence-electron chi connectivity index (χ0n) is 7.18. The van der Waals surface area contributed by atoms with Crippen molar-refractivity contribution in [2.75, 3.05) is 0 Å². The minimum absolute atomic E-state index is 0.240. The monoisotopic (exact) mass is 189 g/mol. The highest BCUT2D eigenvalue weighted by Gasteiger charge is 2.14. The predicted molar refractivity (Wildman–Crippen MR) is 48.3 cm³/mol. The SMILES string of the molecule is NC(=O)c1conc1-c1ccccn1. The molecule has 5 nitrogen and oxygen atoms in total. The zero-order chi connectivity index (χ0) is 9.97. The summed E-state index contributed by atoms with van der Waals surface area (Å²) in [6, 6.07) is 5.29. The van der Waals surface area contributed by atoms with E-state index in [4.69, 9.17) is 5.73 Å². The van der Waals surface area contributed by atoms with E-state index in [-0.39, 0.29) is 5.56 Å². The molecule has 0 radical (unpaired) electrons. The van der Waals surface area contributed by atoms with Crippen LogP contribution in [0.3, 0.4) is 0 Å². The van der Waals surface area contributed by atoms with Crippen LogP contribution in [0.4, 0.5) is 0 Å². The lowest BCUT2D eigenvalue weighted by Crippen LogP contribution is -2.11. The van der Waals surface area contributed by atoms with Gasteiger partial charge in [-0.05, 0) is 12.1 Å². The van der Waals surface area contributed by atoms with Crippen LogP contribution in [0.1, 0.15) is 10.4 Å². The zero-order valence-corrected chi connectivity index (χ0v) is 7.18. The average molecular weight is 189 g/mol. The van der Waals surface area contributed by atoms with Gasteiger partial charge >= 0.3 is 0 Å². The van der Waals surface area contributed by atoms with Crippen molar-refractivity contribution < 1.29 is 9.32 Å². The van der Waals surface area contributed by atoms with Gasteiger partial charge in [-0.25, -0.2) is 0 Å². The number of pyridine rings is 1. The Morgan fingerprint density at radius 3 is 2.93 bits per heavy atom. The smallest absolute Gasteiger partial charge is 0.254 e. The number of hydrogen-bond acceptors (Lipinski definition) is 4. The number of carbonyl (C=O) groups excluding carboxylic acids is 1. The highest BCUT2D eigenvalue weighted by atomic mass is 16.5. The quantitative estimate of drug-likeness (QED) is 0.758. The van der Waals surface area contributed by atoms with Crippen LogP contribution < -0.4 is 5.73 Å². The molecule has 0 aliphatic heterocycles. The number of primary amides is 1. The van der Waals surface area contributed by atoms with Crippen LogP contribution in [0, 0.1) is 0 Å². The number of nitrogens with zero attached hydrogens (tertiary/aromatic N) is 2. The molecule has 0 unspecified atom stereocenters. The number of amides is 1. The molecule has 0 fully saturated rings. The summed E-state index contributed by atoms with van der Waals surface area (Å²) in [6.45, 7) is 0. The van der Waals surface area contributed by atoms with Gasteiger partial charge < -0.3 is 10.3 Å². The van der Waals surface area contributed by atoms with Gasteiger partial charge in [-0.1, -0.05) is 11.2 Å². The van der Waals surface area contributed by atoms with E-state index in [2.05, 4.69) is 14.7 Å². The molecule has 2 rings (SSSR count). The van der Waals surface area contributed by atoms with Crippen molar-refractivity contribution in [1.29, 1.82) is 0 Å². The first-order chi connectivity index (χ1) is 6.79. The standard InChI is InChI=1S/C9H7N3O2/c10-9(13)6-5-14-12-8(6)7-3-1-2-4-11-7/h1-5H,(H2,10,13). The van der Waals surface area contributed by atoms with Crippen molar-refractivity contribution in [3.63, 3.8) is 0 Å². The maximum absolute atomic E-state index is 11.0. The molecule has 0 spiro atoms. The Labute approximate surface area is 79.5 Å². The molecule has 70 valence electrons.